The van der Waals surface area contributed by atoms with Crippen molar-refractivity contribution in [3.63, 3.8) is 0 Å². The van der Waals surface area contributed by atoms with Crippen LogP contribution in [0.1, 0.15) is 162 Å². The van der Waals surface area contributed by atoms with E-state index in [9.17, 15) is 19.8 Å². The first-order chi connectivity index (χ1) is 19.0. The summed E-state index contributed by atoms with van der Waals surface area (Å²) < 4.78 is 10.5. The Kier molecular flexibility index (Phi) is 28.5. The lowest BCUT2D eigenvalue weighted by atomic mass is 10.1. The number of carbonyl (C=O) groups is 2. The minimum absolute atomic E-state index is 0.0847. The number of carbonyl (C=O) groups excluding carboxylic acids is 2. The minimum Gasteiger partial charge on any atom is -0.462 e. The molecule has 0 saturated heterocycles. The fourth-order valence-corrected chi connectivity index (χ4v) is 4.56. The number of ether oxygens (including phenoxy) is 2. The van der Waals surface area contributed by atoms with E-state index in [4.69, 9.17) is 9.47 Å². The van der Waals surface area contributed by atoms with Crippen LogP contribution in [0, 0.1) is 0 Å². The van der Waals surface area contributed by atoms with Crippen LogP contribution < -0.4 is 0 Å². The molecule has 0 radical (unpaired) electrons. The number of unbranched alkanes of at least 4 members (excludes halogenated alkanes) is 16. The number of rotatable bonds is 29. The second-order valence-electron chi connectivity index (χ2n) is 11.1. The average molecular weight is 555 g/mol. The molecule has 0 aromatic heterocycles. The van der Waals surface area contributed by atoms with Crippen LogP contribution in [0.15, 0.2) is 12.2 Å². The van der Waals surface area contributed by atoms with Gasteiger partial charge in [0, 0.05) is 12.8 Å². The van der Waals surface area contributed by atoms with Gasteiger partial charge in [-0.25, -0.2) is 0 Å². The molecule has 0 aliphatic heterocycles. The van der Waals surface area contributed by atoms with Gasteiger partial charge in [-0.15, -0.1) is 0 Å². The van der Waals surface area contributed by atoms with Crippen LogP contribution in [0.5, 0.6) is 0 Å². The predicted molar refractivity (Wildman–Crippen MR) is 161 cm³/mol. The standard InChI is InChI=1S/C33H62O6/c1-3-5-7-9-10-11-16-19-23-27-33(37)39-31(28-34)29-38-32(36)26-22-18-15-13-12-14-17-21-25-30(35)24-20-8-6-4-2/h17,21,30-31,34-35H,3-16,18-20,22-29H2,1-2H3/t30-,31?/m1/s1. The van der Waals surface area contributed by atoms with Crippen molar-refractivity contribution >= 4 is 11.9 Å². The molecule has 0 aliphatic carbocycles. The molecule has 0 saturated carbocycles. The fourth-order valence-electron chi connectivity index (χ4n) is 4.56. The lowest BCUT2D eigenvalue weighted by Gasteiger charge is -2.15. The average Bonchev–Trinajstić information content (AvgIpc) is 2.93. The Labute approximate surface area is 240 Å². The maximum atomic E-state index is 12.0. The Hall–Kier alpha value is -1.40. The van der Waals surface area contributed by atoms with E-state index >= 15 is 0 Å². The van der Waals surface area contributed by atoms with Crippen molar-refractivity contribution in [2.24, 2.45) is 0 Å². The third-order valence-electron chi connectivity index (χ3n) is 7.13. The molecule has 230 valence electrons. The predicted octanol–water partition coefficient (Wildman–Crippen LogP) is 8.36. The summed E-state index contributed by atoms with van der Waals surface area (Å²) in [4.78, 5) is 24.0. The molecule has 0 heterocycles. The van der Waals surface area contributed by atoms with Gasteiger partial charge in [-0.2, -0.15) is 0 Å². The highest BCUT2D eigenvalue weighted by Crippen LogP contribution is 2.13. The van der Waals surface area contributed by atoms with Gasteiger partial charge in [-0.3, -0.25) is 9.59 Å². The van der Waals surface area contributed by atoms with Crippen molar-refractivity contribution in [3.05, 3.63) is 12.2 Å². The number of esters is 2. The molecule has 6 heteroatoms. The lowest BCUT2D eigenvalue weighted by Crippen LogP contribution is -2.28. The van der Waals surface area contributed by atoms with E-state index in [1.807, 2.05) is 0 Å². The van der Waals surface area contributed by atoms with Crippen LogP contribution in [0.3, 0.4) is 0 Å². The normalized spacial score (nSPS) is 13.0. The topological polar surface area (TPSA) is 93.1 Å². The van der Waals surface area contributed by atoms with E-state index in [0.717, 1.165) is 77.0 Å². The molecule has 2 N–H and O–H groups in total. The Morgan fingerprint density at radius 3 is 1.77 bits per heavy atom. The molecule has 2 atom stereocenters. The molecule has 0 amide bonds. The second-order valence-corrected chi connectivity index (χ2v) is 11.1. The van der Waals surface area contributed by atoms with Crippen LogP contribution in [0.2, 0.25) is 0 Å². The van der Waals surface area contributed by atoms with Crippen LogP contribution >= 0.6 is 0 Å². The molecule has 0 fully saturated rings. The maximum absolute atomic E-state index is 12.0. The molecular weight excluding hydrogens is 492 g/mol. The number of allylic oxidation sites excluding steroid dienone is 1. The quantitative estimate of drug-likeness (QED) is 0.0548. The van der Waals surface area contributed by atoms with Crippen LogP contribution in [0.4, 0.5) is 0 Å². The first-order valence-corrected chi connectivity index (χ1v) is 16.3. The molecule has 0 rings (SSSR count). The zero-order valence-electron chi connectivity index (χ0n) is 25.5. The summed E-state index contributed by atoms with van der Waals surface area (Å²) in [7, 11) is 0. The van der Waals surface area contributed by atoms with Crippen molar-refractivity contribution in [2.75, 3.05) is 13.2 Å². The molecule has 0 aromatic rings. The van der Waals surface area contributed by atoms with Crippen LogP contribution in [-0.2, 0) is 19.1 Å². The van der Waals surface area contributed by atoms with Gasteiger partial charge >= 0.3 is 11.9 Å². The SMILES string of the molecule is CCCCCCCCCCCC(=O)OC(CO)COC(=O)CCCCCCCC=CC[C@H](O)CCCCCC. The van der Waals surface area contributed by atoms with Crippen molar-refractivity contribution < 1.29 is 29.3 Å². The van der Waals surface area contributed by atoms with Gasteiger partial charge in [0.2, 0.25) is 0 Å². The Balaban J connectivity index is 3.63. The van der Waals surface area contributed by atoms with Gasteiger partial charge in [0.05, 0.1) is 12.7 Å². The molecule has 1 unspecified atom stereocenters. The maximum Gasteiger partial charge on any atom is 0.306 e. The summed E-state index contributed by atoms with van der Waals surface area (Å²) in [6, 6.07) is 0. The van der Waals surface area contributed by atoms with Gasteiger partial charge in [0.15, 0.2) is 6.10 Å². The monoisotopic (exact) mass is 554 g/mol. The van der Waals surface area contributed by atoms with Gasteiger partial charge < -0.3 is 19.7 Å². The van der Waals surface area contributed by atoms with E-state index in [-0.39, 0.29) is 31.3 Å². The smallest absolute Gasteiger partial charge is 0.306 e. The zero-order valence-corrected chi connectivity index (χ0v) is 25.5. The number of aliphatic hydroxyl groups is 2. The van der Waals surface area contributed by atoms with Gasteiger partial charge in [0.1, 0.15) is 6.61 Å². The summed E-state index contributed by atoms with van der Waals surface area (Å²) in [5.74, 6) is -0.638. The summed E-state index contributed by atoms with van der Waals surface area (Å²) in [5.41, 5.74) is 0. The fraction of sp³-hybridized carbons (Fsp3) is 0.879. The first kappa shape index (κ1) is 37.6. The first-order valence-electron chi connectivity index (χ1n) is 16.3. The highest BCUT2D eigenvalue weighted by atomic mass is 16.6. The number of hydrogen-bond acceptors (Lipinski definition) is 6. The van der Waals surface area contributed by atoms with Crippen LogP contribution in [0.25, 0.3) is 0 Å². The molecule has 0 aliphatic rings. The summed E-state index contributed by atoms with van der Waals surface area (Å²) in [6.07, 6.45) is 27.2. The largest absolute Gasteiger partial charge is 0.462 e. The second kappa shape index (κ2) is 29.6. The molecule has 0 spiro atoms. The van der Waals surface area contributed by atoms with Crippen LogP contribution in [-0.4, -0.2) is 47.6 Å². The molecular formula is C33H62O6. The minimum atomic E-state index is -0.782. The third-order valence-corrected chi connectivity index (χ3v) is 7.13. The Bertz CT molecular complexity index is 577. The van der Waals surface area contributed by atoms with E-state index in [1.54, 1.807) is 0 Å². The lowest BCUT2D eigenvalue weighted by molar-refractivity contribution is -0.161. The summed E-state index contributed by atoms with van der Waals surface area (Å²) in [5, 5.41) is 19.4. The van der Waals surface area contributed by atoms with Gasteiger partial charge in [-0.05, 0) is 38.5 Å². The summed E-state index contributed by atoms with van der Waals surface area (Å²) >= 11 is 0. The van der Waals surface area contributed by atoms with Crippen molar-refractivity contribution in [2.45, 2.75) is 174 Å². The highest BCUT2D eigenvalue weighted by molar-refractivity contribution is 5.70. The Morgan fingerprint density at radius 2 is 1.18 bits per heavy atom. The van der Waals surface area contributed by atoms with Crippen molar-refractivity contribution in [1.82, 2.24) is 0 Å². The molecule has 39 heavy (non-hydrogen) atoms. The zero-order chi connectivity index (χ0) is 28.8. The molecule has 0 aromatic carbocycles. The van der Waals surface area contributed by atoms with Crippen molar-refractivity contribution in [1.29, 1.82) is 0 Å². The number of aliphatic hydroxyl groups excluding tert-OH is 2. The third kappa shape index (κ3) is 27.9. The highest BCUT2D eigenvalue weighted by Gasteiger charge is 2.16. The molecule has 6 nitrogen and oxygen atoms in total. The van der Waals surface area contributed by atoms with Gasteiger partial charge in [0.25, 0.3) is 0 Å². The number of hydrogen-bond donors (Lipinski definition) is 2. The molecule has 0 bridgehead atoms. The van der Waals surface area contributed by atoms with Gasteiger partial charge in [-0.1, -0.05) is 122 Å². The van der Waals surface area contributed by atoms with E-state index in [2.05, 4.69) is 26.0 Å². The van der Waals surface area contributed by atoms with E-state index < -0.39 is 6.10 Å². The van der Waals surface area contributed by atoms with E-state index in [0.29, 0.717) is 12.8 Å². The summed E-state index contributed by atoms with van der Waals surface area (Å²) in [6.45, 7) is 3.99. The van der Waals surface area contributed by atoms with Crippen molar-refractivity contribution in [3.8, 4) is 0 Å². The van der Waals surface area contributed by atoms with E-state index in [1.165, 1.54) is 57.8 Å². The Morgan fingerprint density at radius 1 is 0.667 bits per heavy atom.